The molecule has 3 nitrogen and oxygen atoms in total. The predicted molar refractivity (Wildman–Crippen MR) is 55.7 cm³/mol. The third-order valence-electron chi connectivity index (χ3n) is 2.22. The van der Waals surface area contributed by atoms with E-state index in [0.717, 1.165) is 25.1 Å². The molecule has 0 unspecified atom stereocenters. The van der Waals surface area contributed by atoms with E-state index in [4.69, 9.17) is 4.74 Å². The molecule has 1 aromatic rings. The van der Waals surface area contributed by atoms with E-state index in [1.54, 1.807) is 0 Å². The molecule has 0 bridgehead atoms. The Labute approximate surface area is 87.1 Å². The molecule has 0 spiro atoms. The highest BCUT2D eigenvalue weighted by atomic mass is 32.1. The normalized spacial score (nSPS) is 21.1. The van der Waals surface area contributed by atoms with Gasteiger partial charge in [0.15, 0.2) is 0 Å². The molecule has 1 saturated heterocycles. The quantitative estimate of drug-likeness (QED) is 0.755. The van der Waals surface area contributed by atoms with Gasteiger partial charge in [-0.2, -0.15) is 0 Å². The third kappa shape index (κ3) is 2.13. The predicted octanol–water partition coefficient (Wildman–Crippen LogP) is 1.58. The van der Waals surface area contributed by atoms with Gasteiger partial charge in [0.1, 0.15) is 11.0 Å². The molecule has 1 atom stereocenters. The molecule has 4 heteroatoms. The van der Waals surface area contributed by atoms with Gasteiger partial charge < -0.3 is 10.1 Å². The topological polar surface area (TPSA) is 38.3 Å². The van der Waals surface area contributed by atoms with Crippen molar-refractivity contribution in [2.45, 2.75) is 19.4 Å². The zero-order valence-corrected chi connectivity index (χ0v) is 8.89. The Hall–Kier alpha value is -0.870. The Balaban J connectivity index is 1.95. The summed E-state index contributed by atoms with van der Waals surface area (Å²) in [5, 5.41) is 5.12. The fraction of sp³-hybridized carbons (Fsp3) is 0.500. The number of hydrogen-bond donors (Lipinski definition) is 1. The van der Waals surface area contributed by atoms with Crippen LogP contribution < -0.4 is 5.32 Å². The minimum atomic E-state index is -0.184. The molecule has 14 heavy (non-hydrogen) atoms. The van der Waals surface area contributed by atoms with Crippen LogP contribution in [0.1, 0.15) is 21.7 Å². The number of rotatable bonds is 2. The van der Waals surface area contributed by atoms with Crippen LogP contribution in [0.3, 0.4) is 0 Å². The molecule has 0 aliphatic carbocycles. The number of thiophene rings is 1. The molecule has 1 N–H and O–H groups in total. The number of esters is 1. The maximum Gasteiger partial charge on any atom is 0.348 e. The van der Waals surface area contributed by atoms with Crippen LogP contribution in [0.25, 0.3) is 0 Å². The number of nitrogens with one attached hydrogen (secondary N) is 1. The first-order valence-electron chi connectivity index (χ1n) is 4.72. The summed E-state index contributed by atoms with van der Waals surface area (Å²) in [7, 11) is 0. The summed E-state index contributed by atoms with van der Waals surface area (Å²) < 4.78 is 5.32. The van der Waals surface area contributed by atoms with E-state index in [0.29, 0.717) is 4.88 Å². The van der Waals surface area contributed by atoms with Crippen LogP contribution in [0, 0.1) is 6.92 Å². The van der Waals surface area contributed by atoms with Crippen LogP contribution in [0.2, 0.25) is 0 Å². The minimum absolute atomic E-state index is 0.0601. The van der Waals surface area contributed by atoms with Gasteiger partial charge in [0, 0.05) is 6.54 Å². The number of aryl methyl sites for hydroxylation is 1. The molecule has 1 aliphatic heterocycles. The van der Waals surface area contributed by atoms with Crippen molar-refractivity contribution >= 4 is 17.3 Å². The molecule has 0 radical (unpaired) electrons. The first kappa shape index (κ1) is 9.68. The summed E-state index contributed by atoms with van der Waals surface area (Å²) in [5.41, 5.74) is 1.12. The van der Waals surface area contributed by atoms with Crippen LogP contribution >= 0.6 is 11.3 Å². The molecular weight excluding hydrogens is 198 g/mol. The lowest BCUT2D eigenvalue weighted by molar-refractivity contribution is 0.0350. The Morgan fingerprint density at radius 1 is 1.71 bits per heavy atom. The lowest BCUT2D eigenvalue weighted by Gasteiger charge is -2.08. The van der Waals surface area contributed by atoms with Gasteiger partial charge in [-0.1, -0.05) is 0 Å². The van der Waals surface area contributed by atoms with Crippen LogP contribution in [0.15, 0.2) is 11.4 Å². The first-order valence-corrected chi connectivity index (χ1v) is 5.60. The van der Waals surface area contributed by atoms with Crippen molar-refractivity contribution in [1.82, 2.24) is 5.32 Å². The number of carbonyl (C=O) groups excluding carboxylic acids is 1. The molecule has 0 amide bonds. The fourth-order valence-electron chi connectivity index (χ4n) is 1.48. The second kappa shape index (κ2) is 4.11. The van der Waals surface area contributed by atoms with Crippen LogP contribution in [0.5, 0.6) is 0 Å². The van der Waals surface area contributed by atoms with Gasteiger partial charge in [0.05, 0.1) is 0 Å². The average molecular weight is 211 g/mol. The van der Waals surface area contributed by atoms with E-state index in [1.165, 1.54) is 11.3 Å². The number of hydrogen-bond acceptors (Lipinski definition) is 4. The lowest BCUT2D eigenvalue weighted by atomic mass is 10.3. The largest absolute Gasteiger partial charge is 0.457 e. The fourth-order valence-corrected chi connectivity index (χ4v) is 2.26. The first-order chi connectivity index (χ1) is 6.75. The van der Waals surface area contributed by atoms with E-state index < -0.39 is 0 Å². The zero-order chi connectivity index (χ0) is 9.97. The van der Waals surface area contributed by atoms with Crippen molar-refractivity contribution in [2.24, 2.45) is 0 Å². The van der Waals surface area contributed by atoms with Crippen molar-refractivity contribution < 1.29 is 9.53 Å². The van der Waals surface area contributed by atoms with Crippen molar-refractivity contribution in [3.05, 3.63) is 21.9 Å². The maximum absolute atomic E-state index is 11.6. The van der Waals surface area contributed by atoms with Gasteiger partial charge in [0.2, 0.25) is 0 Å². The Kier molecular flexibility index (Phi) is 2.84. The van der Waals surface area contributed by atoms with Gasteiger partial charge in [-0.3, -0.25) is 0 Å². The molecule has 2 rings (SSSR count). The molecule has 1 aliphatic rings. The van der Waals surface area contributed by atoms with E-state index in [-0.39, 0.29) is 12.1 Å². The molecule has 0 aromatic carbocycles. The van der Waals surface area contributed by atoms with E-state index >= 15 is 0 Å². The summed E-state index contributed by atoms with van der Waals surface area (Å²) >= 11 is 1.45. The van der Waals surface area contributed by atoms with Crippen molar-refractivity contribution in [1.29, 1.82) is 0 Å². The van der Waals surface area contributed by atoms with Gasteiger partial charge >= 0.3 is 5.97 Å². The molecule has 2 heterocycles. The highest BCUT2D eigenvalue weighted by Crippen LogP contribution is 2.16. The number of ether oxygens (including phenoxy) is 1. The van der Waals surface area contributed by atoms with E-state index in [9.17, 15) is 4.79 Å². The molecule has 76 valence electrons. The summed E-state index contributed by atoms with van der Waals surface area (Å²) in [6, 6.07) is 1.87. The third-order valence-corrected chi connectivity index (χ3v) is 3.25. The zero-order valence-electron chi connectivity index (χ0n) is 8.08. The molecule has 0 saturated carbocycles. The maximum atomic E-state index is 11.6. The minimum Gasteiger partial charge on any atom is -0.457 e. The second-order valence-electron chi connectivity index (χ2n) is 3.51. The molecular formula is C10H13NO2S. The van der Waals surface area contributed by atoms with E-state index in [1.807, 2.05) is 18.4 Å². The van der Waals surface area contributed by atoms with Gasteiger partial charge in [0.25, 0.3) is 0 Å². The highest BCUT2D eigenvalue weighted by molar-refractivity contribution is 7.12. The summed E-state index contributed by atoms with van der Waals surface area (Å²) in [5.74, 6) is -0.184. The van der Waals surface area contributed by atoms with Crippen molar-refractivity contribution in [3.8, 4) is 0 Å². The van der Waals surface area contributed by atoms with Crippen LogP contribution in [-0.4, -0.2) is 25.2 Å². The summed E-state index contributed by atoms with van der Waals surface area (Å²) in [4.78, 5) is 12.3. The van der Waals surface area contributed by atoms with Crippen molar-refractivity contribution in [3.63, 3.8) is 0 Å². The standard InChI is InChI=1S/C10H13NO2S/c1-7-4-9(14-6-7)10(12)13-8-2-3-11-5-8/h4,6,8,11H,2-3,5H2,1H3/t8-/m1/s1. The molecule has 1 aromatic heterocycles. The second-order valence-corrected chi connectivity index (χ2v) is 4.42. The summed E-state index contributed by atoms with van der Waals surface area (Å²) in [6.45, 7) is 3.71. The van der Waals surface area contributed by atoms with Crippen molar-refractivity contribution in [2.75, 3.05) is 13.1 Å². The smallest absolute Gasteiger partial charge is 0.348 e. The highest BCUT2D eigenvalue weighted by Gasteiger charge is 2.20. The summed E-state index contributed by atoms with van der Waals surface area (Å²) in [6.07, 6.45) is 0.987. The molecule has 1 fully saturated rings. The average Bonchev–Trinajstić information content (AvgIpc) is 2.75. The SMILES string of the molecule is Cc1csc(C(=O)O[C@@H]2CCNC2)c1. The Morgan fingerprint density at radius 2 is 2.57 bits per heavy atom. The van der Waals surface area contributed by atoms with E-state index in [2.05, 4.69) is 5.32 Å². The van der Waals surface area contributed by atoms with Gasteiger partial charge in [-0.25, -0.2) is 4.79 Å². The van der Waals surface area contributed by atoms with Crippen LogP contribution in [0.4, 0.5) is 0 Å². The van der Waals surface area contributed by atoms with Gasteiger partial charge in [-0.15, -0.1) is 11.3 Å². The Morgan fingerprint density at radius 3 is 3.14 bits per heavy atom. The Bertz CT molecular complexity index is 329. The number of carbonyl (C=O) groups is 1. The lowest BCUT2D eigenvalue weighted by Crippen LogP contribution is -2.20. The van der Waals surface area contributed by atoms with Crippen LogP contribution in [-0.2, 0) is 4.74 Å². The van der Waals surface area contributed by atoms with Gasteiger partial charge in [-0.05, 0) is 36.9 Å². The monoisotopic (exact) mass is 211 g/mol.